The number of rotatable bonds is 5. The molecular formula is C26H30F3N5O3. The zero-order chi connectivity index (χ0) is 26.5. The minimum Gasteiger partial charge on any atom is -0.486 e. The van der Waals surface area contributed by atoms with Crippen LogP contribution in [0.5, 0.6) is 5.75 Å². The Morgan fingerprint density at radius 2 is 1.68 bits per heavy atom. The van der Waals surface area contributed by atoms with Crippen molar-refractivity contribution >= 4 is 22.8 Å². The quantitative estimate of drug-likeness (QED) is 0.514. The van der Waals surface area contributed by atoms with Gasteiger partial charge in [-0.25, -0.2) is 18.2 Å². The summed E-state index contributed by atoms with van der Waals surface area (Å²) in [5, 5.41) is 0. The Labute approximate surface area is 213 Å². The maximum absolute atomic E-state index is 13.8. The Morgan fingerprint density at radius 1 is 1.03 bits per heavy atom. The minimum atomic E-state index is -1.56. The van der Waals surface area contributed by atoms with E-state index in [9.17, 15) is 18.0 Å². The van der Waals surface area contributed by atoms with Gasteiger partial charge in [-0.15, -0.1) is 0 Å². The number of morpholine rings is 1. The average molecular weight is 518 g/mol. The van der Waals surface area contributed by atoms with Gasteiger partial charge in [-0.1, -0.05) is 0 Å². The number of carbonyl (C=O) groups is 1. The molecule has 8 nitrogen and oxygen atoms in total. The van der Waals surface area contributed by atoms with E-state index in [0.717, 1.165) is 25.0 Å². The number of fused-ring (bicyclic) bond motifs is 1. The largest absolute Gasteiger partial charge is 0.486 e. The summed E-state index contributed by atoms with van der Waals surface area (Å²) in [5.41, 5.74) is 6.50. The van der Waals surface area contributed by atoms with Crippen molar-refractivity contribution in [3.63, 3.8) is 0 Å². The first-order valence-corrected chi connectivity index (χ1v) is 12.2. The molecule has 1 amide bonds. The van der Waals surface area contributed by atoms with Crippen LogP contribution in [0.25, 0.3) is 11.0 Å². The molecule has 0 saturated carbocycles. The van der Waals surface area contributed by atoms with E-state index in [1.807, 2.05) is 0 Å². The average Bonchev–Trinajstić information content (AvgIpc) is 3.47. The van der Waals surface area contributed by atoms with Crippen molar-refractivity contribution < 1.29 is 27.4 Å². The molecule has 1 atom stereocenters. The van der Waals surface area contributed by atoms with Crippen LogP contribution in [0.4, 0.5) is 19.0 Å². The van der Waals surface area contributed by atoms with Crippen LogP contribution in [0, 0.1) is 17.5 Å². The molecule has 2 aromatic carbocycles. The van der Waals surface area contributed by atoms with Crippen LogP contribution in [0.3, 0.4) is 0 Å². The second-order valence-corrected chi connectivity index (χ2v) is 8.72. The lowest BCUT2D eigenvalue weighted by Gasteiger charge is -2.28. The van der Waals surface area contributed by atoms with Crippen molar-refractivity contribution in [3.05, 3.63) is 59.0 Å². The third-order valence-electron chi connectivity index (χ3n) is 6.35. The van der Waals surface area contributed by atoms with Crippen LogP contribution < -0.4 is 15.4 Å². The van der Waals surface area contributed by atoms with Gasteiger partial charge in [0, 0.05) is 49.4 Å². The Balaban J connectivity index is 0.00000156. The van der Waals surface area contributed by atoms with Gasteiger partial charge in [0.1, 0.15) is 17.7 Å². The highest BCUT2D eigenvalue weighted by molar-refractivity contribution is 5.98. The van der Waals surface area contributed by atoms with Gasteiger partial charge in [0.15, 0.2) is 17.5 Å². The number of aromatic nitrogens is 2. The van der Waals surface area contributed by atoms with Crippen molar-refractivity contribution in [3.8, 4) is 5.75 Å². The molecule has 2 saturated heterocycles. The fraction of sp³-hybridized carbons (Fsp3) is 0.423. The van der Waals surface area contributed by atoms with Crippen LogP contribution in [0.1, 0.15) is 41.8 Å². The van der Waals surface area contributed by atoms with Crippen LogP contribution >= 0.6 is 0 Å². The van der Waals surface area contributed by atoms with Crippen molar-refractivity contribution in [1.29, 1.82) is 0 Å². The van der Waals surface area contributed by atoms with Gasteiger partial charge in [-0.3, -0.25) is 9.78 Å². The van der Waals surface area contributed by atoms with Crippen molar-refractivity contribution in [1.82, 2.24) is 14.9 Å². The summed E-state index contributed by atoms with van der Waals surface area (Å²) in [4.78, 5) is 26.4. The molecule has 11 heteroatoms. The van der Waals surface area contributed by atoms with Gasteiger partial charge in [0.25, 0.3) is 5.91 Å². The number of nitrogens with zero attached hydrogens (tertiary/aromatic N) is 4. The molecule has 0 spiro atoms. The highest BCUT2D eigenvalue weighted by Gasteiger charge is 2.24. The number of hydrogen-bond donors (Lipinski definition) is 1. The first-order chi connectivity index (χ1) is 17.9. The van der Waals surface area contributed by atoms with Gasteiger partial charge in [-0.05, 0) is 38.9 Å². The maximum atomic E-state index is 13.8. The monoisotopic (exact) mass is 517 g/mol. The van der Waals surface area contributed by atoms with E-state index in [1.165, 1.54) is 7.05 Å². The molecule has 37 heavy (non-hydrogen) atoms. The number of benzene rings is 2. The molecule has 3 heterocycles. The second-order valence-electron chi connectivity index (χ2n) is 8.72. The zero-order valence-electron chi connectivity index (χ0n) is 20.8. The molecule has 2 N–H and O–H groups in total. The Hall–Kier alpha value is -3.44. The normalized spacial score (nSPS) is 16.4. The van der Waals surface area contributed by atoms with Gasteiger partial charge >= 0.3 is 0 Å². The molecule has 0 bridgehead atoms. The first kappa shape index (κ1) is 26.6. The summed E-state index contributed by atoms with van der Waals surface area (Å²) in [5.74, 6) is -3.87. The molecule has 198 valence electrons. The highest BCUT2D eigenvalue weighted by atomic mass is 19.2. The number of anilines is 1. The fourth-order valence-electron chi connectivity index (χ4n) is 4.48. The molecule has 2 aliphatic heterocycles. The highest BCUT2D eigenvalue weighted by Crippen LogP contribution is 2.31. The molecule has 5 rings (SSSR count). The summed E-state index contributed by atoms with van der Waals surface area (Å²) >= 11 is 0. The van der Waals surface area contributed by atoms with E-state index in [4.69, 9.17) is 14.5 Å². The molecule has 3 aromatic rings. The molecule has 2 fully saturated rings. The number of hydrogen-bond acceptors (Lipinski definition) is 7. The van der Waals surface area contributed by atoms with Gasteiger partial charge < -0.3 is 25.0 Å². The number of nitrogens with two attached hydrogens (primary N) is 1. The van der Waals surface area contributed by atoms with Crippen molar-refractivity contribution in [2.75, 3.05) is 51.3 Å². The Kier molecular flexibility index (Phi) is 8.45. The minimum absolute atomic E-state index is 0.115. The molecule has 0 aliphatic carbocycles. The molecule has 1 unspecified atom stereocenters. The van der Waals surface area contributed by atoms with Crippen molar-refractivity contribution in [2.24, 2.45) is 5.73 Å². The number of ether oxygens (including phenoxy) is 2. The summed E-state index contributed by atoms with van der Waals surface area (Å²) in [7, 11) is 1.50. The molecule has 2 aliphatic rings. The smallest absolute Gasteiger partial charge is 0.253 e. The topological polar surface area (TPSA) is 93.8 Å². The number of amides is 1. The van der Waals surface area contributed by atoms with Crippen LogP contribution in [-0.2, 0) is 4.74 Å². The molecular weight excluding hydrogens is 487 g/mol. The van der Waals surface area contributed by atoms with E-state index < -0.39 is 23.6 Å². The van der Waals surface area contributed by atoms with E-state index in [2.05, 4.69) is 15.6 Å². The van der Waals surface area contributed by atoms with E-state index in [1.54, 1.807) is 30.2 Å². The van der Waals surface area contributed by atoms with Crippen LogP contribution in [0.15, 0.2) is 30.5 Å². The number of halogens is 3. The summed E-state index contributed by atoms with van der Waals surface area (Å²) in [6, 6.07) is 4.99. The van der Waals surface area contributed by atoms with E-state index in [-0.39, 0.29) is 11.7 Å². The van der Waals surface area contributed by atoms with Gasteiger partial charge in [-0.2, -0.15) is 0 Å². The van der Waals surface area contributed by atoms with Gasteiger partial charge in [0.2, 0.25) is 0 Å². The first-order valence-electron chi connectivity index (χ1n) is 12.2. The van der Waals surface area contributed by atoms with Crippen LogP contribution in [-0.4, -0.2) is 67.2 Å². The predicted molar refractivity (Wildman–Crippen MR) is 133 cm³/mol. The number of likely N-dealkylation sites (tertiary alicyclic amines) is 1. The maximum Gasteiger partial charge on any atom is 0.253 e. The summed E-state index contributed by atoms with van der Waals surface area (Å²) < 4.78 is 52.2. The van der Waals surface area contributed by atoms with Crippen LogP contribution in [0.2, 0.25) is 0 Å². The Morgan fingerprint density at radius 3 is 2.32 bits per heavy atom. The molecule has 0 radical (unpaired) electrons. The number of carbonyl (C=O) groups excluding carboxylic acids is 1. The third-order valence-corrected chi connectivity index (χ3v) is 6.35. The van der Waals surface area contributed by atoms with Gasteiger partial charge in [0.05, 0.1) is 30.4 Å². The zero-order valence-corrected chi connectivity index (χ0v) is 20.8. The fourth-order valence-corrected chi connectivity index (χ4v) is 4.48. The standard InChI is InChI=1S/C25H25F3N4O3.CH5N/c1-15(35-17-12-19(26)23(28)20(27)13-17)18-10-16(25(33)32-4-2-3-5-32)11-21-24(18)30-22(14-29-21)31-6-8-34-9-7-31;1-2/h10-15H,2-9H2,1H3;2H2,1H3. The summed E-state index contributed by atoms with van der Waals surface area (Å²) in [6.45, 7) is 5.56. The SMILES string of the molecule is CC(Oc1cc(F)c(F)c(F)c1)c1cc(C(=O)N2CCCC2)cc2ncc(N3CCOCC3)nc12.CN. The van der Waals surface area contributed by atoms with Crippen molar-refractivity contribution in [2.45, 2.75) is 25.9 Å². The van der Waals surface area contributed by atoms with E-state index in [0.29, 0.717) is 67.4 Å². The lowest BCUT2D eigenvalue weighted by Crippen LogP contribution is -2.36. The summed E-state index contributed by atoms with van der Waals surface area (Å²) in [6.07, 6.45) is 2.81. The molecule has 1 aromatic heterocycles. The third kappa shape index (κ3) is 5.78. The second kappa shape index (κ2) is 11.7. The lowest BCUT2D eigenvalue weighted by atomic mass is 10.0. The van der Waals surface area contributed by atoms with E-state index >= 15 is 0 Å². The Bertz CT molecular complexity index is 1240. The lowest BCUT2D eigenvalue weighted by molar-refractivity contribution is 0.0792. The predicted octanol–water partition coefficient (Wildman–Crippen LogP) is 3.83.